The number of benzene rings is 2. The fourth-order valence-corrected chi connectivity index (χ4v) is 5.73. The maximum Gasteiger partial charge on any atom is 0.168 e. The highest BCUT2D eigenvalue weighted by molar-refractivity contribution is 5.89. The van der Waals surface area contributed by atoms with Crippen molar-refractivity contribution >= 4 is 11.3 Å². The molecule has 0 saturated heterocycles. The monoisotopic (exact) mass is 421 g/mol. The highest BCUT2D eigenvalue weighted by atomic mass is 19.1. The summed E-state index contributed by atoms with van der Waals surface area (Å²) in [5, 5.41) is 3.62. The van der Waals surface area contributed by atoms with E-state index in [1.165, 1.54) is 17.2 Å². The van der Waals surface area contributed by atoms with E-state index in [1.54, 1.807) is 0 Å². The van der Waals surface area contributed by atoms with Crippen LogP contribution >= 0.6 is 0 Å². The van der Waals surface area contributed by atoms with Gasteiger partial charge >= 0.3 is 0 Å². The number of anilines is 1. The summed E-state index contributed by atoms with van der Waals surface area (Å²) < 4.78 is 35.4. The van der Waals surface area contributed by atoms with Crippen LogP contribution in [0.5, 0.6) is 5.75 Å². The van der Waals surface area contributed by atoms with E-state index in [1.807, 2.05) is 12.1 Å². The molecule has 0 radical (unpaired) electrons. The highest BCUT2D eigenvalue weighted by Crippen LogP contribution is 2.53. The molecule has 2 unspecified atom stereocenters. The van der Waals surface area contributed by atoms with E-state index in [2.05, 4.69) is 45.2 Å². The number of rotatable bonds is 1. The average Bonchev–Trinajstić information content (AvgIpc) is 2.71. The zero-order valence-corrected chi connectivity index (χ0v) is 18.6. The molecule has 1 N–H and O–H groups in total. The minimum absolute atomic E-state index is 0.157. The van der Waals surface area contributed by atoms with Crippen molar-refractivity contribution in [2.24, 2.45) is 5.92 Å². The standard InChI is InChI=1S/C27H29F2NO/c1-5-16-7-6-8-17(11-16)25-24-19(20-12-18(28)13-21(29)26(20)31-25)9-10-22-23(24)15(2)14-27(3,4)30-22/h5,9-10,12-14,17,25,30H,6-8,11H2,1-4H3/b16-5+. The molecule has 5 rings (SSSR count). The SMILES string of the molecule is C/C=C1\CCCC(C2Oc3c(F)cc(F)cc3-c3ccc4c(c32)C(C)=CC(C)(C)N4)C1. The van der Waals surface area contributed by atoms with Gasteiger partial charge in [0.15, 0.2) is 11.6 Å². The Bertz CT molecular complexity index is 1130. The molecule has 2 aliphatic heterocycles. The van der Waals surface area contributed by atoms with E-state index in [-0.39, 0.29) is 23.3 Å². The van der Waals surface area contributed by atoms with Gasteiger partial charge in [0.2, 0.25) is 0 Å². The highest BCUT2D eigenvalue weighted by Gasteiger charge is 2.39. The molecule has 2 atom stereocenters. The largest absolute Gasteiger partial charge is 0.482 e. The third-order valence-corrected chi connectivity index (χ3v) is 6.94. The van der Waals surface area contributed by atoms with Gasteiger partial charge in [0.25, 0.3) is 0 Å². The molecule has 2 heterocycles. The molecular formula is C27H29F2NO. The van der Waals surface area contributed by atoms with Crippen LogP contribution in [0.2, 0.25) is 0 Å². The van der Waals surface area contributed by atoms with Crippen molar-refractivity contribution in [3.05, 3.63) is 64.8 Å². The number of fused-ring (bicyclic) bond motifs is 5. The van der Waals surface area contributed by atoms with Gasteiger partial charge in [0.05, 0.1) is 5.54 Å². The van der Waals surface area contributed by atoms with Crippen molar-refractivity contribution in [1.82, 2.24) is 0 Å². The number of allylic oxidation sites excluding steroid dienone is 3. The summed E-state index contributed by atoms with van der Waals surface area (Å²) in [6.07, 6.45) is 8.37. The van der Waals surface area contributed by atoms with Gasteiger partial charge in [-0.3, -0.25) is 0 Å². The van der Waals surface area contributed by atoms with Crippen LogP contribution in [0.1, 0.15) is 70.6 Å². The number of hydrogen-bond donors (Lipinski definition) is 1. The molecule has 0 bridgehead atoms. The first-order valence-corrected chi connectivity index (χ1v) is 11.2. The van der Waals surface area contributed by atoms with Crippen LogP contribution in [0.25, 0.3) is 16.7 Å². The second-order valence-corrected chi connectivity index (χ2v) is 9.73. The summed E-state index contributed by atoms with van der Waals surface area (Å²) in [7, 11) is 0. The molecule has 3 aliphatic rings. The Kier molecular flexibility index (Phi) is 4.72. The van der Waals surface area contributed by atoms with Crippen LogP contribution < -0.4 is 10.1 Å². The number of ether oxygens (including phenoxy) is 1. The second kappa shape index (κ2) is 7.22. The molecule has 2 nitrogen and oxygen atoms in total. The van der Waals surface area contributed by atoms with Crippen LogP contribution in [-0.4, -0.2) is 5.54 Å². The lowest BCUT2D eigenvalue weighted by Gasteiger charge is -2.40. The summed E-state index contributed by atoms with van der Waals surface area (Å²) in [5.41, 5.74) is 7.07. The van der Waals surface area contributed by atoms with E-state index >= 15 is 0 Å². The molecule has 0 amide bonds. The molecule has 4 heteroatoms. The first-order chi connectivity index (χ1) is 14.8. The van der Waals surface area contributed by atoms with Gasteiger partial charge < -0.3 is 10.1 Å². The fourth-order valence-electron chi connectivity index (χ4n) is 5.73. The molecule has 1 saturated carbocycles. The van der Waals surface area contributed by atoms with E-state index in [0.717, 1.165) is 54.1 Å². The third kappa shape index (κ3) is 3.37. The Labute approximate surface area is 183 Å². The zero-order chi connectivity index (χ0) is 21.9. The van der Waals surface area contributed by atoms with Gasteiger partial charge in [-0.25, -0.2) is 8.78 Å². The molecule has 1 aliphatic carbocycles. The second-order valence-electron chi connectivity index (χ2n) is 9.73. The lowest BCUT2D eigenvalue weighted by atomic mass is 9.74. The zero-order valence-electron chi connectivity index (χ0n) is 18.6. The number of halogens is 2. The Morgan fingerprint density at radius 1 is 1.16 bits per heavy atom. The lowest BCUT2D eigenvalue weighted by molar-refractivity contribution is 0.111. The van der Waals surface area contributed by atoms with E-state index in [4.69, 9.17) is 4.74 Å². The fraction of sp³-hybridized carbons (Fsp3) is 0.407. The summed E-state index contributed by atoms with van der Waals surface area (Å²) in [6.45, 7) is 8.50. The maximum absolute atomic E-state index is 14.8. The van der Waals surface area contributed by atoms with Crippen molar-refractivity contribution in [3.8, 4) is 16.9 Å². The molecule has 2 aromatic rings. The van der Waals surface area contributed by atoms with Crippen LogP contribution in [0, 0.1) is 17.6 Å². The van der Waals surface area contributed by atoms with Gasteiger partial charge in [-0.05, 0) is 76.6 Å². The molecule has 0 spiro atoms. The van der Waals surface area contributed by atoms with Crippen LogP contribution in [0.4, 0.5) is 14.5 Å². The van der Waals surface area contributed by atoms with Crippen molar-refractivity contribution in [2.75, 3.05) is 5.32 Å². The summed E-state index contributed by atoms with van der Waals surface area (Å²) in [6, 6.07) is 6.37. The first-order valence-electron chi connectivity index (χ1n) is 11.2. The Morgan fingerprint density at radius 3 is 2.74 bits per heavy atom. The lowest BCUT2D eigenvalue weighted by Crippen LogP contribution is -2.33. The van der Waals surface area contributed by atoms with Crippen molar-refractivity contribution in [3.63, 3.8) is 0 Å². The van der Waals surface area contributed by atoms with Gasteiger partial charge in [-0.1, -0.05) is 23.8 Å². The summed E-state index contributed by atoms with van der Waals surface area (Å²) in [5.74, 6) is -0.776. The topological polar surface area (TPSA) is 21.3 Å². The van der Waals surface area contributed by atoms with Crippen molar-refractivity contribution in [1.29, 1.82) is 0 Å². The third-order valence-electron chi connectivity index (χ3n) is 6.94. The minimum atomic E-state index is -0.628. The molecule has 0 aromatic heterocycles. The number of nitrogens with one attached hydrogen (secondary N) is 1. The summed E-state index contributed by atoms with van der Waals surface area (Å²) in [4.78, 5) is 0. The molecule has 2 aromatic carbocycles. The van der Waals surface area contributed by atoms with E-state index in [9.17, 15) is 8.78 Å². The molecule has 1 fully saturated rings. The quantitative estimate of drug-likeness (QED) is 0.474. The number of hydrogen-bond acceptors (Lipinski definition) is 2. The first kappa shape index (κ1) is 20.3. The Balaban J connectivity index is 1.75. The van der Waals surface area contributed by atoms with Gasteiger partial charge in [0, 0.05) is 34.4 Å². The predicted molar refractivity (Wildman–Crippen MR) is 122 cm³/mol. The molecule has 31 heavy (non-hydrogen) atoms. The average molecular weight is 422 g/mol. The summed E-state index contributed by atoms with van der Waals surface area (Å²) >= 11 is 0. The normalized spacial score (nSPS) is 25.0. The van der Waals surface area contributed by atoms with Crippen molar-refractivity contribution < 1.29 is 13.5 Å². The van der Waals surface area contributed by atoms with E-state index < -0.39 is 11.6 Å². The minimum Gasteiger partial charge on any atom is -0.482 e. The van der Waals surface area contributed by atoms with Crippen LogP contribution in [0.15, 0.2) is 42.0 Å². The van der Waals surface area contributed by atoms with Crippen LogP contribution in [-0.2, 0) is 0 Å². The van der Waals surface area contributed by atoms with Gasteiger partial charge in [0.1, 0.15) is 11.9 Å². The van der Waals surface area contributed by atoms with E-state index in [0.29, 0.717) is 5.56 Å². The maximum atomic E-state index is 14.8. The van der Waals surface area contributed by atoms with Gasteiger partial charge in [-0.2, -0.15) is 0 Å². The Morgan fingerprint density at radius 2 is 1.97 bits per heavy atom. The molecular weight excluding hydrogens is 392 g/mol. The predicted octanol–water partition coefficient (Wildman–Crippen LogP) is 7.81. The Hall–Kier alpha value is -2.62. The molecule has 162 valence electrons. The van der Waals surface area contributed by atoms with Crippen LogP contribution in [0.3, 0.4) is 0 Å². The van der Waals surface area contributed by atoms with Crippen molar-refractivity contribution in [2.45, 2.75) is 65.0 Å². The smallest absolute Gasteiger partial charge is 0.168 e. The van der Waals surface area contributed by atoms with Gasteiger partial charge in [-0.15, -0.1) is 0 Å².